The average molecular weight is 501 g/mol. The molecule has 5 rings (SSSR count). The van der Waals surface area contributed by atoms with Gasteiger partial charge in [0.15, 0.2) is 9.84 Å². The van der Waals surface area contributed by atoms with Gasteiger partial charge in [-0.1, -0.05) is 0 Å². The van der Waals surface area contributed by atoms with E-state index >= 15 is 0 Å². The number of sulfone groups is 1. The maximum atomic E-state index is 14.8. The average Bonchev–Trinajstić information content (AvgIpc) is 3.05. The van der Waals surface area contributed by atoms with E-state index in [9.17, 15) is 26.8 Å². The molecule has 3 N–H and O–H groups in total. The number of carbonyl (C=O) groups is 1. The van der Waals surface area contributed by atoms with Crippen LogP contribution in [0, 0.1) is 11.6 Å². The molecule has 0 spiro atoms. The van der Waals surface area contributed by atoms with Gasteiger partial charge in [-0.2, -0.15) is 0 Å². The Kier molecular flexibility index (Phi) is 5.20. The van der Waals surface area contributed by atoms with Gasteiger partial charge in [-0.25, -0.2) is 17.2 Å². The summed E-state index contributed by atoms with van der Waals surface area (Å²) in [5, 5.41) is 3.09. The van der Waals surface area contributed by atoms with Gasteiger partial charge >= 0.3 is 0 Å². The van der Waals surface area contributed by atoms with Gasteiger partial charge < -0.3 is 20.5 Å². The fraction of sp³-hybridized carbons (Fsp3) is 0.250. The molecular formula is C24H22F2N4O4S. The smallest absolute Gasteiger partial charge is 0.260 e. The van der Waals surface area contributed by atoms with Crippen LogP contribution in [-0.2, 0) is 21.7 Å². The summed E-state index contributed by atoms with van der Waals surface area (Å²) in [5.41, 5.74) is 7.85. The topological polar surface area (TPSA) is 114 Å². The highest BCUT2D eigenvalue weighted by Gasteiger charge is 2.43. The number of aryl methyl sites for hydroxylation is 1. The third-order valence-electron chi connectivity index (χ3n) is 6.45. The summed E-state index contributed by atoms with van der Waals surface area (Å²) in [5.74, 6) is -2.53. The quantitative estimate of drug-likeness (QED) is 0.657. The van der Waals surface area contributed by atoms with Crippen LogP contribution in [-0.4, -0.2) is 43.0 Å². The summed E-state index contributed by atoms with van der Waals surface area (Å²) in [6.45, 7) is 0. The number of anilines is 1. The third kappa shape index (κ3) is 3.85. The van der Waals surface area contributed by atoms with E-state index in [-0.39, 0.29) is 23.4 Å². The number of nitrogens with one attached hydrogen (secondary N) is 1. The van der Waals surface area contributed by atoms with Gasteiger partial charge in [0.05, 0.1) is 28.7 Å². The van der Waals surface area contributed by atoms with E-state index in [0.29, 0.717) is 28.0 Å². The number of primary amides is 1. The van der Waals surface area contributed by atoms with E-state index in [1.54, 1.807) is 36.5 Å². The second kappa shape index (κ2) is 7.91. The molecule has 0 saturated heterocycles. The molecule has 0 bridgehead atoms. The molecule has 0 fully saturated rings. The van der Waals surface area contributed by atoms with Gasteiger partial charge in [-0.15, -0.1) is 0 Å². The SMILES string of the molecule is Cn1ccc2c(c1=O)C1=C3C(=CN(c4ccc(F)cc4F)C3CC(C(N)=O)N1)C=C2CS(C)(=O)=O. The molecule has 0 saturated carbocycles. The Bertz CT molecular complexity index is 1560. The number of hydrogen-bond acceptors (Lipinski definition) is 6. The molecule has 2 aliphatic heterocycles. The Balaban J connectivity index is 1.82. The van der Waals surface area contributed by atoms with Gasteiger partial charge in [0.2, 0.25) is 5.91 Å². The zero-order valence-electron chi connectivity index (χ0n) is 18.9. The number of allylic oxidation sites excluding steroid dienone is 1. The van der Waals surface area contributed by atoms with Crippen LogP contribution in [0.25, 0.3) is 11.3 Å². The van der Waals surface area contributed by atoms with E-state index in [0.717, 1.165) is 18.4 Å². The number of pyridine rings is 1. The molecule has 8 nitrogen and oxygen atoms in total. The Labute approximate surface area is 200 Å². The summed E-state index contributed by atoms with van der Waals surface area (Å²) in [6, 6.07) is 3.35. The first kappa shape index (κ1) is 23.0. The van der Waals surface area contributed by atoms with Gasteiger partial charge in [0, 0.05) is 43.8 Å². The Hall–Kier alpha value is -3.73. The van der Waals surface area contributed by atoms with Crippen molar-refractivity contribution in [2.75, 3.05) is 16.9 Å². The summed E-state index contributed by atoms with van der Waals surface area (Å²) >= 11 is 0. The van der Waals surface area contributed by atoms with Crippen LogP contribution in [0.4, 0.5) is 14.5 Å². The number of hydrogen-bond donors (Lipinski definition) is 2. The van der Waals surface area contributed by atoms with Crippen molar-refractivity contribution in [2.24, 2.45) is 12.8 Å². The minimum Gasteiger partial charge on any atom is -0.373 e. The highest BCUT2D eigenvalue weighted by Crippen LogP contribution is 2.45. The van der Waals surface area contributed by atoms with Crippen molar-refractivity contribution in [2.45, 2.75) is 18.5 Å². The van der Waals surface area contributed by atoms with Crippen molar-refractivity contribution in [1.82, 2.24) is 9.88 Å². The number of fused-ring (bicyclic) bond motifs is 2. The number of nitrogens with two attached hydrogens (primary N) is 1. The Morgan fingerprint density at radius 2 is 2.00 bits per heavy atom. The molecule has 1 amide bonds. The van der Waals surface area contributed by atoms with E-state index < -0.39 is 45.0 Å². The van der Waals surface area contributed by atoms with Crippen LogP contribution in [0.3, 0.4) is 0 Å². The molecule has 3 aliphatic rings. The Morgan fingerprint density at radius 3 is 2.66 bits per heavy atom. The normalized spacial score (nSPS) is 21.0. The molecule has 182 valence electrons. The second-order valence-electron chi connectivity index (χ2n) is 8.99. The molecule has 35 heavy (non-hydrogen) atoms. The third-order valence-corrected chi connectivity index (χ3v) is 7.28. The monoisotopic (exact) mass is 500 g/mol. The van der Waals surface area contributed by atoms with Crippen LogP contribution in [0.2, 0.25) is 0 Å². The molecule has 1 aromatic carbocycles. The maximum absolute atomic E-state index is 14.8. The predicted molar refractivity (Wildman–Crippen MR) is 128 cm³/mol. The van der Waals surface area contributed by atoms with Crippen molar-refractivity contribution >= 4 is 32.7 Å². The summed E-state index contributed by atoms with van der Waals surface area (Å²) in [6.07, 6.45) is 6.09. The summed E-state index contributed by atoms with van der Waals surface area (Å²) in [4.78, 5) is 27.2. The van der Waals surface area contributed by atoms with Crippen LogP contribution < -0.4 is 21.5 Å². The lowest BCUT2D eigenvalue weighted by atomic mass is 9.88. The molecule has 0 radical (unpaired) electrons. The molecule has 1 aromatic heterocycles. The van der Waals surface area contributed by atoms with Crippen LogP contribution >= 0.6 is 0 Å². The maximum Gasteiger partial charge on any atom is 0.260 e. The van der Waals surface area contributed by atoms with Gasteiger partial charge in [0.25, 0.3) is 5.56 Å². The fourth-order valence-corrected chi connectivity index (χ4v) is 5.76. The first-order valence-electron chi connectivity index (χ1n) is 10.8. The molecular weight excluding hydrogens is 478 g/mol. The predicted octanol–water partition coefficient (Wildman–Crippen LogP) is 1.44. The number of aromatic nitrogens is 1. The lowest BCUT2D eigenvalue weighted by Gasteiger charge is -2.36. The van der Waals surface area contributed by atoms with Crippen LogP contribution in [0.5, 0.6) is 0 Å². The fourth-order valence-electron chi connectivity index (χ4n) is 4.96. The summed E-state index contributed by atoms with van der Waals surface area (Å²) < 4.78 is 54.3. The zero-order chi connectivity index (χ0) is 25.2. The van der Waals surface area contributed by atoms with Crippen molar-refractivity contribution in [1.29, 1.82) is 0 Å². The van der Waals surface area contributed by atoms with Crippen LogP contribution in [0.1, 0.15) is 17.5 Å². The minimum absolute atomic E-state index is 0.0770. The van der Waals surface area contributed by atoms with E-state index in [4.69, 9.17) is 5.73 Å². The Morgan fingerprint density at radius 1 is 1.26 bits per heavy atom. The lowest BCUT2D eigenvalue weighted by molar-refractivity contribution is -0.120. The van der Waals surface area contributed by atoms with Gasteiger partial charge in [-0.05, 0) is 41.0 Å². The van der Waals surface area contributed by atoms with E-state index in [1.807, 2.05) is 0 Å². The molecule has 2 atom stereocenters. The highest BCUT2D eigenvalue weighted by atomic mass is 32.2. The largest absolute Gasteiger partial charge is 0.373 e. The van der Waals surface area contributed by atoms with Crippen LogP contribution in [0.15, 0.2) is 58.7 Å². The van der Waals surface area contributed by atoms with E-state index in [1.165, 1.54) is 10.6 Å². The van der Waals surface area contributed by atoms with Gasteiger partial charge in [0.1, 0.15) is 17.7 Å². The molecule has 2 aromatic rings. The highest BCUT2D eigenvalue weighted by molar-refractivity contribution is 7.91. The van der Waals surface area contributed by atoms with E-state index in [2.05, 4.69) is 5.32 Å². The number of halogens is 2. The standard InChI is InChI=1S/C24H22F2N4O4S/c1-29-6-5-15-13(11-35(2,33)34)7-12-10-30(18-4-3-14(25)8-16(18)26)19-9-17(23(27)31)28-22(20(12)19)21(15)24(29)32/h3-8,10,17,19,28H,9,11H2,1-2H3,(H2,27,31). The minimum atomic E-state index is -3.49. The zero-order valence-corrected chi connectivity index (χ0v) is 19.7. The van der Waals surface area contributed by atoms with Crippen molar-refractivity contribution in [3.63, 3.8) is 0 Å². The molecule has 1 aliphatic carbocycles. The number of rotatable bonds is 4. The van der Waals surface area contributed by atoms with Crippen molar-refractivity contribution in [3.8, 4) is 0 Å². The number of benzene rings is 1. The second-order valence-corrected chi connectivity index (χ2v) is 11.1. The molecule has 2 unspecified atom stereocenters. The molecule has 11 heteroatoms. The molecule has 3 heterocycles. The number of nitrogens with zero attached hydrogens (tertiary/aromatic N) is 2. The number of amides is 1. The first-order chi connectivity index (χ1) is 16.4. The van der Waals surface area contributed by atoms with Crippen molar-refractivity contribution < 1.29 is 22.0 Å². The first-order valence-corrected chi connectivity index (χ1v) is 12.8. The van der Waals surface area contributed by atoms with Gasteiger partial charge in [-0.3, -0.25) is 9.59 Å². The summed E-state index contributed by atoms with van der Waals surface area (Å²) in [7, 11) is -1.92. The lowest BCUT2D eigenvalue weighted by Crippen LogP contribution is -2.50. The van der Waals surface area contributed by atoms with Crippen molar-refractivity contribution in [3.05, 3.63) is 87.0 Å². The number of carbonyl (C=O) groups excluding carboxylic acids is 1.